The lowest BCUT2D eigenvalue weighted by atomic mass is 10.1. The third-order valence-electron chi connectivity index (χ3n) is 5.15. The first-order valence-corrected chi connectivity index (χ1v) is 11.0. The summed E-state index contributed by atoms with van der Waals surface area (Å²) >= 11 is 0. The highest BCUT2D eigenvalue weighted by atomic mass is 32.2. The number of fused-ring (bicyclic) bond motifs is 2. The van der Waals surface area contributed by atoms with Crippen molar-refractivity contribution < 1.29 is 22.7 Å². The number of sulfonamides is 1. The smallest absolute Gasteiger partial charge is 0.342 e. The van der Waals surface area contributed by atoms with E-state index in [9.17, 15) is 18.0 Å². The molecule has 3 aliphatic rings. The van der Waals surface area contributed by atoms with Gasteiger partial charge in [0.1, 0.15) is 5.57 Å². The number of para-hydroxylation sites is 1. The van der Waals surface area contributed by atoms with Gasteiger partial charge in [0.2, 0.25) is 0 Å². The van der Waals surface area contributed by atoms with Crippen LogP contribution < -0.4 is 4.90 Å². The molecule has 29 heavy (non-hydrogen) atoms. The first-order valence-electron chi connectivity index (χ1n) is 9.37. The maximum Gasteiger partial charge on any atom is 0.342 e. The highest BCUT2D eigenvalue weighted by molar-refractivity contribution is 7.90. The molecule has 4 rings (SSSR count). The number of amides is 1. The Morgan fingerprint density at radius 1 is 1.28 bits per heavy atom. The fourth-order valence-electron chi connectivity index (χ4n) is 3.75. The lowest BCUT2D eigenvalue weighted by Crippen LogP contribution is -2.44. The Bertz CT molecular complexity index is 1070. The number of nitrogens with zero attached hydrogens (tertiary/aromatic N) is 3. The molecule has 0 unspecified atom stereocenters. The minimum Gasteiger partial charge on any atom is -0.449 e. The molecule has 0 N–H and O–H groups in total. The van der Waals surface area contributed by atoms with Gasteiger partial charge in [0.25, 0.3) is 15.9 Å². The van der Waals surface area contributed by atoms with Crippen LogP contribution in [0.1, 0.15) is 19.4 Å². The quantitative estimate of drug-likeness (QED) is 0.693. The van der Waals surface area contributed by atoms with Gasteiger partial charge in [0.15, 0.2) is 11.9 Å². The standard InChI is InChI=1S/C20H21N3O5S/c1-13-12-15-6-3-4-8-17(15)23(13)19(24)14(2)28-20(25)16-7-5-9-22-10-11-29(26,27)21-18(16)22/h3-9,13-14H,10-12H2,1-2H3/t13-,14-/m0/s1. The van der Waals surface area contributed by atoms with Crippen LogP contribution in [0.25, 0.3) is 0 Å². The number of hydrogen-bond donors (Lipinski definition) is 0. The summed E-state index contributed by atoms with van der Waals surface area (Å²) in [5, 5.41) is 0. The number of ether oxygens (including phenoxy) is 1. The van der Waals surface area contributed by atoms with E-state index >= 15 is 0 Å². The molecular formula is C20H21N3O5S. The second kappa shape index (κ2) is 7.14. The van der Waals surface area contributed by atoms with Gasteiger partial charge in [0, 0.05) is 24.5 Å². The Morgan fingerprint density at radius 3 is 2.83 bits per heavy atom. The first kappa shape index (κ1) is 19.4. The molecule has 0 aromatic heterocycles. The van der Waals surface area contributed by atoms with Crippen molar-refractivity contribution in [2.75, 3.05) is 17.2 Å². The summed E-state index contributed by atoms with van der Waals surface area (Å²) < 4.78 is 32.8. The second-order valence-electron chi connectivity index (χ2n) is 7.25. The van der Waals surface area contributed by atoms with Crippen LogP contribution in [-0.2, 0) is 30.8 Å². The topological polar surface area (TPSA) is 96.3 Å². The molecule has 0 spiro atoms. The number of amidine groups is 1. The maximum atomic E-state index is 13.0. The van der Waals surface area contributed by atoms with Crippen LogP contribution in [0.3, 0.4) is 0 Å². The first-order chi connectivity index (χ1) is 13.8. The zero-order valence-electron chi connectivity index (χ0n) is 16.1. The van der Waals surface area contributed by atoms with Crippen LogP contribution in [0.15, 0.2) is 52.6 Å². The van der Waals surface area contributed by atoms with E-state index < -0.39 is 22.1 Å². The molecular weight excluding hydrogens is 394 g/mol. The van der Waals surface area contributed by atoms with Crippen molar-refractivity contribution in [2.24, 2.45) is 4.40 Å². The van der Waals surface area contributed by atoms with Crippen LogP contribution in [-0.4, -0.2) is 55.5 Å². The molecule has 2 atom stereocenters. The molecule has 1 aromatic carbocycles. The largest absolute Gasteiger partial charge is 0.449 e. The molecule has 8 nitrogen and oxygen atoms in total. The summed E-state index contributed by atoms with van der Waals surface area (Å²) in [7, 11) is -3.63. The van der Waals surface area contributed by atoms with Gasteiger partial charge in [0.05, 0.1) is 5.75 Å². The summed E-state index contributed by atoms with van der Waals surface area (Å²) in [6.07, 6.45) is 4.43. The third-order valence-corrected chi connectivity index (χ3v) is 6.30. The van der Waals surface area contributed by atoms with Crippen molar-refractivity contribution in [3.05, 3.63) is 53.8 Å². The van der Waals surface area contributed by atoms with E-state index in [0.717, 1.165) is 17.7 Å². The number of anilines is 1. The molecule has 9 heteroatoms. The molecule has 0 radical (unpaired) electrons. The summed E-state index contributed by atoms with van der Waals surface area (Å²) in [6, 6.07) is 7.60. The third kappa shape index (κ3) is 3.57. The fourth-order valence-corrected chi connectivity index (χ4v) is 4.73. The van der Waals surface area contributed by atoms with Gasteiger partial charge in [-0.2, -0.15) is 0 Å². The number of esters is 1. The average molecular weight is 415 g/mol. The Morgan fingerprint density at radius 2 is 2.03 bits per heavy atom. The molecule has 0 fully saturated rings. The minimum absolute atomic E-state index is 0.0188. The van der Waals surface area contributed by atoms with Gasteiger partial charge in [-0.15, -0.1) is 4.40 Å². The van der Waals surface area contributed by atoms with Crippen molar-refractivity contribution in [2.45, 2.75) is 32.4 Å². The van der Waals surface area contributed by atoms with Gasteiger partial charge in [-0.05, 0) is 44.1 Å². The van der Waals surface area contributed by atoms with E-state index in [1.54, 1.807) is 22.1 Å². The summed E-state index contributed by atoms with van der Waals surface area (Å²) in [5.74, 6) is -1.19. The number of allylic oxidation sites excluding steroid dienone is 2. The van der Waals surface area contributed by atoms with E-state index in [-0.39, 0.29) is 35.7 Å². The lowest BCUT2D eigenvalue weighted by Gasteiger charge is -2.29. The van der Waals surface area contributed by atoms with Gasteiger partial charge in [-0.1, -0.05) is 18.2 Å². The molecule has 0 saturated heterocycles. The van der Waals surface area contributed by atoms with Crippen molar-refractivity contribution >= 4 is 33.4 Å². The molecule has 0 aliphatic carbocycles. The fraction of sp³-hybridized carbons (Fsp3) is 0.350. The van der Waals surface area contributed by atoms with Gasteiger partial charge < -0.3 is 14.5 Å². The van der Waals surface area contributed by atoms with Gasteiger partial charge >= 0.3 is 5.97 Å². The van der Waals surface area contributed by atoms with Crippen LogP contribution in [0.2, 0.25) is 0 Å². The van der Waals surface area contributed by atoms with E-state index in [0.29, 0.717) is 0 Å². The number of rotatable bonds is 3. The Kier molecular flexibility index (Phi) is 4.77. The number of carbonyl (C=O) groups excluding carboxylic acids is 2. The van der Waals surface area contributed by atoms with Crippen LogP contribution in [0.4, 0.5) is 5.69 Å². The van der Waals surface area contributed by atoms with Crippen LogP contribution >= 0.6 is 0 Å². The van der Waals surface area contributed by atoms with E-state index in [1.807, 2.05) is 31.2 Å². The van der Waals surface area contributed by atoms with Crippen molar-refractivity contribution in [3.8, 4) is 0 Å². The van der Waals surface area contributed by atoms with Crippen molar-refractivity contribution in [3.63, 3.8) is 0 Å². The molecule has 1 aromatic rings. The number of carbonyl (C=O) groups is 2. The molecule has 0 bridgehead atoms. The zero-order chi connectivity index (χ0) is 20.8. The highest BCUT2D eigenvalue weighted by Crippen LogP contribution is 2.32. The van der Waals surface area contributed by atoms with Gasteiger partial charge in [-0.25, -0.2) is 13.2 Å². The Hall–Kier alpha value is -2.94. The molecule has 0 saturated carbocycles. The van der Waals surface area contributed by atoms with Crippen LogP contribution in [0, 0.1) is 0 Å². The average Bonchev–Trinajstić information content (AvgIpc) is 3.01. The highest BCUT2D eigenvalue weighted by Gasteiger charge is 2.36. The zero-order valence-corrected chi connectivity index (χ0v) is 16.9. The lowest BCUT2D eigenvalue weighted by molar-refractivity contribution is -0.149. The van der Waals surface area contributed by atoms with Gasteiger partial charge in [-0.3, -0.25) is 4.79 Å². The molecule has 152 valence electrons. The van der Waals surface area contributed by atoms with Crippen molar-refractivity contribution in [1.29, 1.82) is 0 Å². The van der Waals surface area contributed by atoms with E-state index in [4.69, 9.17) is 4.74 Å². The minimum atomic E-state index is -3.63. The number of hydrogen-bond acceptors (Lipinski definition) is 6. The SMILES string of the molecule is C[C@H](OC(=O)C1=CC=CN2CCS(=O)(=O)N=C12)C(=O)N1c2ccccc2C[C@@H]1C. The predicted molar refractivity (Wildman–Crippen MR) is 108 cm³/mol. The summed E-state index contributed by atoms with van der Waals surface area (Å²) in [6.45, 7) is 3.67. The van der Waals surface area contributed by atoms with E-state index in [1.165, 1.54) is 13.0 Å². The molecule has 3 heterocycles. The predicted octanol–water partition coefficient (Wildman–Crippen LogP) is 1.39. The van der Waals surface area contributed by atoms with E-state index in [2.05, 4.69) is 4.40 Å². The molecule has 3 aliphatic heterocycles. The number of benzene rings is 1. The Labute approximate surface area is 169 Å². The maximum absolute atomic E-state index is 13.0. The van der Waals surface area contributed by atoms with Crippen LogP contribution in [0.5, 0.6) is 0 Å². The molecule has 1 amide bonds. The normalized spacial score (nSPS) is 22.9. The summed E-state index contributed by atoms with van der Waals surface area (Å²) in [4.78, 5) is 29.0. The Balaban J connectivity index is 1.53. The van der Waals surface area contributed by atoms with Crippen molar-refractivity contribution in [1.82, 2.24) is 4.90 Å². The second-order valence-corrected chi connectivity index (χ2v) is 9.01. The summed E-state index contributed by atoms with van der Waals surface area (Å²) in [5.41, 5.74) is 1.91. The monoisotopic (exact) mass is 415 g/mol.